The fourth-order valence-electron chi connectivity index (χ4n) is 2.32. The number of carboxylic acids is 1. The Morgan fingerprint density at radius 1 is 1.44 bits per heavy atom. The summed E-state index contributed by atoms with van der Waals surface area (Å²) in [6.07, 6.45) is 4.02. The maximum absolute atomic E-state index is 12.7. The highest BCUT2D eigenvalue weighted by Crippen LogP contribution is 2.35. The zero-order chi connectivity index (χ0) is 13.2. The van der Waals surface area contributed by atoms with Gasteiger partial charge in [-0.25, -0.2) is 14.4 Å². The van der Waals surface area contributed by atoms with Gasteiger partial charge in [0.2, 0.25) is 5.95 Å². The first kappa shape index (κ1) is 12.7. The average molecular weight is 253 g/mol. The van der Waals surface area contributed by atoms with Crippen molar-refractivity contribution in [2.75, 3.05) is 18.0 Å². The third-order valence-electron chi connectivity index (χ3n) is 3.74. The molecule has 18 heavy (non-hydrogen) atoms. The molecule has 0 aliphatic carbocycles. The number of carbonyl (C=O) groups is 1. The van der Waals surface area contributed by atoms with E-state index in [4.69, 9.17) is 0 Å². The summed E-state index contributed by atoms with van der Waals surface area (Å²) >= 11 is 0. The zero-order valence-electron chi connectivity index (χ0n) is 10.3. The number of aromatic nitrogens is 2. The lowest BCUT2D eigenvalue weighted by atomic mass is 9.76. The summed E-state index contributed by atoms with van der Waals surface area (Å²) < 4.78 is 12.7. The van der Waals surface area contributed by atoms with Gasteiger partial charge in [-0.3, -0.25) is 4.79 Å². The lowest BCUT2D eigenvalue weighted by Crippen LogP contribution is -2.44. The van der Waals surface area contributed by atoms with Gasteiger partial charge in [0.05, 0.1) is 17.8 Å². The Morgan fingerprint density at radius 3 is 2.44 bits per heavy atom. The highest BCUT2D eigenvalue weighted by Gasteiger charge is 2.40. The predicted molar refractivity (Wildman–Crippen MR) is 63.8 cm³/mol. The van der Waals surface area contributed by atoms with E-state index in [-0.39, 0.29) is 0 Å². The van der Waals surface area contributed by atoms with Crippen molar-refractivity contribution in [2.45, 2.75) is 26.2 Å². The molecule has 0 radical (unpaired) electrons. The monoisotopic (exact) mass is 253 g/mol. The Labute approximate surface area is 105 Å². The van der Waals surface area contributed by atoms with E-state index in [2.05, 4.69) is 9.97 Å². The molecular weight excluding hydrogens is 237 g/mol. The van der Waals surface area contributed by atoms with Crippen LogP contribution in [0.2, 0.25) is 0 Å². The lowest BCUT2D eigenvalue weighted by molar-refractivity contribution is -0.150. The molecule has 1 aromatic heterocycles. The van der Waals surface area contributed by atoms with Gasteiger partial charge in [-0.1, -0.05) is 6.92 Å². The van der Waals surface area contributed by atoms with Crippen LogP contribution in [0.3, 0.4) is 0 Å². The Kier molecular flexibility index (Phi) is 3.45. The minimum absolute atomic E-state index is 0.464. The number of halogens is 1. The number of rotatable bonds is 3. The number of anilines is 1. The normalized spacial score (nSPS) is 18.7. The van der Waals surface area contributed by atoms with Crippen molar-refractivity contribution in [3.8, 4) is 0 Å². The van der Waals surface area contributed by atoms with Crippen LogP contribution in [0.1, 0.15) is 26.2 Å². The van der Waals surface area contributed by atoms with E-state index in [0.717, 1.165) is 12.4 Å². The summed E-state index contributed by atoms with van der Waals surface area (Å²) in [7, 11) is 0. The van der Waals surface area contributed by atoms with Gasteiger partial charge >= 0.3 is 5.97 Å². The predicted octanol–water partition coefficient (Wildman–Crippen LogP) is 1.70. The van der Waals surface area contributed by atoms with Gasteiger partial charge in [0.1, 0.15) is 0 Å². The first-order valence-electron chi connectivity index (χ1n) is 6.03. The fourth-order valence-corrected chi connectivity index (χ4v) is 2.32. The number of hydrogen-bond donors (Lipinski definition) is 1. The molecule has 0 spiro atoms. The standard InChI is InChI=1S/C12H16FN3O2/c1-2-12(10(17)18)3-5-16(6-4-12)11-14-7-9(13)8-15-11/h7-8H,2-6H2,1H3,(H,17,18). The summed E-state index contributed by atoms with van der Waals surface area (Å²) in [5.74, 6) is -0.736. The van der Waals surface area contributed by atoms with Crippen LogP contribution >= 0.6 is 0 Å². The van der Waals surface area contributed by atoms with Gasteiger partial charge in [-0.2, -0.15) is 0 Å². The number of hydrogen-bond acceptors (Lipinski definition) is 4. The molecule has 1 fully saturated rings. The molecule has 1 aromatic rings. The van der Waals surface area contributed by atoms with E-state index in [1.165, 1.54) is 0 Å². The van der Waals surface area contributed by atoms with Crippen LogP contribution in [-0.2, 0) is 4.79 Å². The Hall–Kier alpha value is -1.72. The SMILES string of the molecule is CCC1(C(=O)O)CCN(c2ncc(F)cn2)CC1. The maximum atomic E-state index is 12.7. The second-order valence-corrected chi connectivity index (χ2v) is 4.63. The molecule has 0 unspecified atom stereocenters. The highest BCUT2D eigenvalue weighted by molar-refractivity contribution is 5.75. The number of aliphatic carboxylic acids is 1. The van der Waals surface area contributed by atoms with Crippen molar-refractivity contribution in [1.82, 2.24) is 9.97 Å². The minimum Gasteiger partial charge on any atom is -0.481 e. The lowest BCUT2D eigenvalue weighted by Gasteiger charge is -2.38. The Balaban J connectivity index is 2.06. The van der Waals surface area contributed by atoms with Gasteiger partial charge in [-0.15, -0.1) is 0 Å². The van der Waals surface area contributed by atoms with Crippen molar-refractivity contribution < 1.29 is 14.3 Å². The van der Waals surface area contributed by atoms with E-state index in [1.807, 2.05) is 11.8 Å². The van der Waals surface area contributed by atoms with E-state index in [9.17, 15) is 14.3 Å². The van der Waals surface area contributed by atoms with Crippen molar-refractivity contribution >= 4 is 11.9 Å². The van der Waals surface area contributed by atoms with Crippen LogP contribution in [0.25, 0.3) is 0 Å². The highest BCUT2D eigenvalue weighted by atomic mass is 19.1. The summed E-state index contributed by atoms with van der Waals surface area (Å²) in [6.45, 7) is 3.08. The average Bonchev–Trinajstić information content (AvgIpc) is 2.39. The number of nitrogens with zero attached hydrogens (tertiary/aromatic N) is 3. The van der Waals surface area contributed by atoms with Crippen molar-refractivity contribution in [1.29, 1.82) is 0 Å². The van der Waals surface area contributed by atoms with E-state index < -0.39 is 17.2 Å². The van der Waals surface area contributed by atoms with Crippen molar-refractivity contribution in [3.63, 3.8) is 0 Å². The van der Waals surface area contributed by atoms with Gasteiger partial charge in [0.15, 0.2) is 5.82 Å². The molecule has 1 saturated heterocycles. The van der Waals surface area contributed by atoms with Crippen molar-refractivity contribution in [3.05, 3.63) is 18.2 Å². The Bertz CT molecular complexity index is 427. The summed E-state index contributed by atoms with van der Waals surface area (Å²) in [4.78, 5) is 21.0. The smallest absolute Gasteiger partial charge is 0.309 e. The van der Waals surface area contributed by atoms with Crippen LogP contribution < -0.4 is 4.90 Å². The van der Waals surface area contributed by atoms with Gasteiger partial charge in [0, 0.05) is 13.1 Å². The van der Waals surface area contributed by atoms with Gasteiger partial charge in [-0.05, 0) is 19.3 Å². The molecule has 2 heterocycles. The largest absolute Gasteiger partial charge is 0.481 e. The molecule has 0 atom stereocenters. The topological polar surface area (TPSA) is 66.3 Å². The molecule has 0 aromatic carbocycles. The van der Waals surface area contributed by atoms with Crippen LogP contribution in [0.4, 0.5) is 10.3 Å². The van der Waals surface area contributed by atoms with Crippen molar-refractivity contribution in [2.24, 2.45) is 5.41 Å². The molecule has 1 aliphatic heterocycles. The Morgan fingerprint density at radius 2 is 2.00 bits per heavy atom. The minimum atomic E-state index is -0.732. The van der Waals surface area contributed by atoms with Crippen LogP contribution in [0.5, 0.6) is 0 Å². The van der Waals surface area contributed by atoms with Crippen LogP contribution in [0, 0.1) is 11.2 Å². The molecule has 6 heteroatoms. The molecule has 0 saturated carbocycles. The third-order valence-corrected chi connectivity index (χ3v) is 3.74. The third kappa shape index (κ3) is 2.27. The maximum Gasteiger partial charge on any atom is 0.309 e. The molecule has 98 valence electrons. The molecule has 5 nitrogen and oxygen atoms in total. The second kappa shape index (κ2) is 4.88. The van der Waals surface area contributed by atoms with Crippen LogP contribution in [-0.4, -0.2) is 34.1 Å². The number of piperidine rings is 1. The number of carboxylic acid groups (broad SMARTS) is 1. The molecule has 1 N–H and O–H groups in total. The summed E-state index contributed by atoms with van der Waals surface area (Å²) in [5, 5.41) is 9.28. The van der Waals surface area contributed by atoms with E-state index >= 15 is 0 Å². The summed E-state index contributed by atoms with van der Waals surface area (Å²) in [6, 6.07) is 0. The first-order valence-corrected chi connectivity index (χ1v) is 6.03. The quantitative estimate of drug-likeness (QED) is 0.888. The molecule has 1 aliphatic rings. The first-order chi connectivity index (χ1) is 8.57. The van der Waals surface area contributed by atoms with E-state index in [1.54, 1.807) is 0 Å². The second-order valence-electron chi connectivity index (χ2n) is 4.63. The molecule has 0 bridgehead atoms. The van der Waals surface area contributed by atoms with Gasteiger partial charge in [0.25, 0.3) is 0 Å². The van der Waals surface area contributed by atoms with Gasteiger partial charge < -0.3 is 10.0 Å². The molecule has 2 rings (SSSR count). The van der Waals surface area contributed by atoms with Crippen LogP contribution in [0.15, 0.2) is 12.4 Å². The molecule has 0 amide bonds. The zero-order valence-corrected chi connectivity index (χ0v) is 10.3. The fraction of sp³-hybridized carbons (Fsp3) is 0.583. The summed E-state index contributed by atoms with van der Waals surface area (Å²) in [5.41, 5.74) is -0.628. The van der Waals surface area contributed by atoms with E-state index in [0.29, 0.717) is 38.3 Å². The molecular formula is C12H16FN3O2.